The molecule has 0 bridgehead atoms. The fraction of sp³-hybridized carbons (Fsp3) is 0.417. The average Bonchev–Trinajstić information content (AvgIpc) is 3.13. The standard InChI is InChI=1S/C12H15NO3/c1-14-11-4-3-9(5-12(11)15-2)6-13-7-10-8-16-10/h3-6,10H,7-8H2,1-2H3/b13-6+/t10-/m0/s1. The molecule has 0 radical (unpaired) electrons. The summed E-state index contributed by atoms with van der Waals surface area (Å²) in [4.78, 5) is 4.29. The van der Waals surface area contributed by atoms with E-state index in [1.807, 2.05) is 24.4 Å². The number of ether oxygens (including phenoxy) is 3. The summed E-state index contributed by atoms with van der Waals surface area (Å²) in [5.74, 6) is 1.44. The average molecular weight is 221 g/mol. The van der Waals surface area contributed by atoms with Crippen molar-refractivity contribution in [1.29, 1.82) is 0 Å². The Kier molecular flexibility index (Phi) is 3.41. The van der Waals surface area contributed by atoms with Crippen molar-refractivity contribution in [2.45, 2.75) is 6.10 Å². The van der Waals surface area contributed by atoms with E-state index in [2.05, 4.69) is 4.99 Å². The summed E-state index contributed by atoms with van der Waals surface area (Å²) in [5.41, 5.74) is 0.998. The zero-order valence-electron chi connectivity index (χ0n) is 9.47. The molecule has 0 unspecified atom stereocenters. The van der Waals surface area contributed by atoms with Gasteiger partial charge in [-0.05, 0) is 23.8 Å². The van der Waals surface area contributed by atoms with Crippen LogP contribution < -0.4 is 9.47 Å². The van der Waals surface area contributed by atoms with Crippen LogP contribution in [0.5, 0.6) is 11.5 Å². The number of methoxy groups -OCH3 is 2. The summed E-state index contributed by atoms with van der Waals surface area (Å²) in [6.07, 6.45) is 2.15. The smallest absolute Gasteiger partial charge is 0.161 e. The van der Waals surface area contributed by atoms with Crippen molar-refractivity contribution >= 4 is 6.21 Å². The Labute approximate surface area is 94.9 Å². The summed E-state index contributed by atoms with van der Waals surface area (Å²) in [6.45, 7) is 1.57. The predicted molar refractivity (Wildman–Crippen MR) is 61.7 cm³/mol. The zero-order valence-corrected chi connectivity index (χ0v) is 9.47. The van der Waals surface area contributed by atoms with E-state index in [-0.39, 0.29) is 0 Å². The molecule has 0 amide bonds. The highest BCUT2D eigenvalue weighted by Crippen LogP contribution is 2.26. The second kappa shape index (κ2) is 4.99. The minimum absolute atomic E-state index is 0.330. The van der Waals surface area contributed by atoms with Gasteiger partial charge in [-0.3, -0.25) is 4.99 Å². The molecule has 0 saturated carbocycles. The van der Waals surface area contributed by atoms with Crippen LogP contribution in [0, 0.1) is 0 Å². The molecule has 1 aromatic rings. The first-order chi connectivity index (χ1) is 7.83. The molecule has 16 heavy (non-hydrogen) atoms. The predicted octanol–water partition coefficient (Wildman–Crippen LogP) is 1.52. The number of aliphatic imine (C=N–C) groups is 1. The van der Waals surface area contributed by atoms with Gasteiger partial charge in [-0.15, -0.1) is 0 Å². The van der Waals surface area contributed by atoms with Crippen LogP contribution in [0.15, 0.2) is 23.2 Å². The van der Waals surface area contributed by atoms with Crippen LogP contribution in [0.25, 0.3) is 0 Å². The van der Waals surface area contributed by atoms with Gasteiger partial charge in [0.25, 0.3) is 0 Å². The minimum atomic E-state index is 0.330. The Bertz CT molecular complexity index is 386. The molecule has 1 heterocycles. The molecule has 1 atom stereocenters. The van der Waals surface area contributed by atoms with Gasteiger partial charge in [0, 0.05) is 6.21 Å². The van der Waals surface area contributed by atoms with Crippen LogP contribution in [-0.4, -0.2) is 39.7 Å². The Morgan fingerprint density at radius 3 is 2.75 bits per heavy atom. The van der Waals surface area contributed by atoms with Crippen molar-refractivity contribution in [2.24, 2.45) is 4.99 Å². The molecule has 4 nitrogen and oxygen atoms in total. The van der Waals surface area contributed by atoms with Gasteiger partial charge < -0.3 is 14.2 Å². The lowest BCUT2D eigenvalue weighted by molar-refractivity contribution is 0.355. The van der Waals surface area contributed by atoms with Gasteiger partial charge >= 0.3 is 0 Å². The van der Waals surface area contributed by atoms with Crippen molar-refractivity contribution in [3.05, 3.63) is 23.8 Å². The lowest BCUT2D eigenvalue weighted by Crippen LogP contribution is -1.94. The monoisotopic (exact) mass is 221 g/mol. The number of epoxide rings is 1. The fourth-order valence-electron chi connectivity index (χ4n) is 1.38. The van der Waals surface area contributed by atoms with Gasteiger partial charge in [-0.2, -0.15) is 0 Å². The lowest BCUT2D eigenvalue weighted by atomic mass is 10.2. The highest BCUT2D eigenvalue weighted by Gasteiger charge is 2.20. The second-order valence-corrected chi connectivity index (χ2v) is 3.56. The first-order valence-electron chi connectivity index (χ1n) is 5.17. The third-order valence-corrected chi connectivity index (χ3v) is 2.36. The molecule has 1 aromatic carbocycles. The summed E-state index contributed by atoms with van der Waals surface area (Å²) < 4.78 is 15.4. The molecule has 1 fully saturated rings. The van der Waals surface area contributed by atoms with E-state index < -0.39 is 0 Å². The Balaban J connectivity index is 2.05. The Morgan fingerprint density at radius 2 is 2.12 bits per heavy atom. The van der Waals surface area contributed by atoms with E-state index in [1.54, 1.807) is 14.2 Å². The van der Waals surface area contributed by atoms with E-state index in [0.29, 0.717) is 11.9 Å². The highest BCUT2D eigenvalue weighted by atomic mass is 16.6. The maximum atomic E-state index is 5.21. The normalized spacial score (nSPS) is 18.8. The summed E-state index contributed by atoms with van der Waals surface area (Å²) in [7, 11) is 3.24. The van der Waals surface area contributed by atoms with Gasteiger partial charge in [0.05, 0.1) is 27.4 Å². The molecule has 0 aromatic heterocycles. The molecule has 2 rings (SSSR count). The zero-order chi connectivity index (χ0) is 11.4. The summed E-state index contributed by atoms with van der Waals surface area (Å²) in [6, 6.07) is 5.71. The quantitative estimate of drug-likeness (QED) is 0.559. The van der Waals surface area contributed by atoms with Gasteiger partial charge in [-0.1, -0.05) is 0 Å². The van der Waals surface area contributed by atoms with Crippen molar-refractivity contribution in [3.63, 3.8) is 0 Å². The molecule has 0 N–H and O–H groups in total. The van der Waals surface area contributed by atoms with E-state index in [0.717, 1.165) is 24.5 Å². The molecule has 0 aliphatic carbocycles. The Morgan fingerprint density at radius 1 is 1.38 bits per heavy atom. The minimum Gasteiger partial charge on any atom is -0.493 e. The third kappa shape index (κ3) is 2.73. The van der Waals surface area contributed by atoms with Gasteiger partial charge in [0.15, 0.2) is 11.5 Å². The fourth-order valence-corrected chi connectivity index (χ4v) is 1.38. The van der Waals surface area contributed by atoms with Crippen LogP contribution in [0.4, 0.5) is 0 Å². The molecular formula is C12H15NO3. The van der Waals surface area contributed by atoms with Crippen molar-refractivity contribution in [1.82, 2.24) is 0 Å². The van der Waals surface area contributed by atoms with E-state index in [4.69, 9.17) is 14.2 Å². The van der Waals surface area contributed by atoms with Crippen LogP contribution >= 0.6 is 0 Å². The molecule has 0 spiro atoms. The van der Waals surface area contributed by atoms with E-state index >= 15 is 0 Å². The highest BCUT2D eigenvalue weighted by molar-refractivity contribution is 5.80. The van der Waals surface area contributed by atoms with Crippen molar-refractivity contribution in [3.8, 4) is 11.5 Å². The summed E-state index contributed by atoms with van der Waals surface area (Å²) >= 11 is 0. The molecule has 1 saturated heterocycles. The summed E-state index contributed by atoms with van der Waals surface area (Å²) in [5, 5.41) is 0. The topological polar surface area (TPSA) is 43.3 Å². The number of hydrogen-bond acceptors (Lipinski definition) is 4. The van der Waals surface area contributed by atoms with Crippen LogP contribution in [0.1, 0.15) is 5.56 Å². The molecule has 86 valence electrons. The SMILES string of the molecule is COc1ccc(/C=N/C[C@H]2CO2)cc1OC. The van der Waals surface area contributed by atoms with Gasteiger partial charge in [-0.25, -0.2) is 0 Å². The maximum absolute atomic E-state index is 5.21. The van der Waals surface area contributed by atoms with Crippen LogP contribution in [-0.2, 0) is 4.74 Å². The maximum Gasteiger partial charge on any atom is 0.161 e. The molecular weight excluding hydrogens is 206 g/mol. The van der Waals surface area contributed by atoms with E-state index in [1.165, 1.54) is 0 Å². The molecule has 1 aliphatic rings. The first kappa shape index (κ1) is 11.0. The number of benzene rings is 1. The second-order valence-electron chi connectivity index (χ2n) is 3.56. The largest absolute Gasteiger partial charge is 0.493 e. The number of nitrogens with zero attached hydrogens (tertiary/aromatic N) is 1. The van der Waals surface area contributed by atoms with Crippen molar-refractivity contribution in [2.75, 3.05) is 27.4 Å². The van der Waals surface area contributed by atoms with Crippen molar-refractivity contribution < 1.29 is 14.2 Å². The first-order valence-corrected chi connectivity index (χ1v) is 5.17. The lowest BCUT2D eigenvalue weighted by Gasteiger charge is -2.07. The molecule has 4 heteroatoms. The number of rotatable bonds is 5. The van der Waals surface area contributed by atoms with Gasteiger partial charge in [0.1, 0.15) is 6.10 Å². The van der Waals surface area contributed by atoms with Crippen LogP contribution in [0.3, 0.4) is 0 Å². The number of hydrogen-bond donors (Lipinski definition) is 0. The van der Waals surface area contributed by atoms with E-state index in [9.17, 15) is 0 Å². The Hall–Kier alpha value is -1.55. The van der Waals surface area contributed by atoms with Crippen LogP contribution in [0.2, 0.25) is 0 Å². The third-order valence-electron chi connectivity index (χ3n) is 2.36. The molecule has 1 aliphatic heterocycles. The van der Waals surface area contributed by atoms with Gasteiger partial charge in [0.2, 0.25) is 0 Å².